The predicted molar refractivity (Wildman–Crippen MR) is 48.8 cm³/mol. The van der Waals surface area contributed by atoms with Crippen molar-refractivity contribution in [1.82, 2.24) is 20.8 Å². The van der Waals surface area contributed by atoms with Gasteiger partial charge >= 0.3 is 0 Å². The Morgan fingerprint density at radius 1 is 1.50 bits per heavy atom. The standard InChI is InChI=1S/C8H16N4/c1-9-4-2-5-10-7-8-3-6-11-12-8/h3,6,9-10H,2,4-5,7H2,1H3,(H,11,12). The third-order valence-corrected chi connectivity index (χ3v) is 1.65. The number of aromatic amines is 1. The highest BCUT2D eigenvalue weighted by Gasteiger charge is 1.91. The number of hydrogen-bond donors (Lipinski definition) is 3. The summed E-state index contributed by atoms with van der Waals surface area (Å²) in [6, 6.07) is 1.98. The van der Waals surface area contributed by atoms with E-state index in [1.807, 2.05) is 13.1 Å². The zero-order chi connectivity index (χ0) is 8.65. The molecular formula is C8H16N4. The molecule has 1 heterocycles. The highest BCUT2D eigenvalue weighted by Crippen LogP contribution is 1.89. The lowest BCUT2D eigenvalue weighted by molar-refractivity contribution is 0.618. The molecule has 0 aliphatic rings. The summed E-state index contributed by atoms with van der Waals surface area (Å²) in [5, 5.41) is 13.2. The van der Waals surface area contributed by atoms with Crippen molar-refractivity contribution in [1.29, 1.82) is 0 Å². The van der Waals surface area contributed by atoms with Crippen molar-refractivity contribution in [2.75, 3.05) is 20.1 Å². The second-order valence-corrected chi connectivity index (χ2v) is 2.72. The molecular weight excluding hydrogens is 152 g/mol. The molecule has 4 heteroatoms. The summed E-state index contributed by atoms with van der Waals surface area (Å²) in [6.45, 7) is 2.99. The number of hydrogen-bond acceptors (Lipinski definition) is 3. The Labute approximate surface area is 72.8 Å². The molecule has 0 atom stereocenters. The van der Waals surface area contributed by atoms with Crippen LogP contribution in [0.25, 0.3) is 0 Å². The minimum absolute atomic E-state index is 0.879. The molecule has 0 amide bonds. The molecule has 0 radical (unpaired) electrons. The fraction of sp³-hybridized carbons (Fsp3) is 0.625. The van der Waals surface area contributed by atoms with E-state index in [0.29, 0.717) is 0 Å². The van der Waals surface area contributed by atoms with Gasteiger partial charge in [0.1, 0.15) is 0 Å². The summed E-state index contributed by atoms with van der Waals surface area (Å²) in [6.07, 6.45) is 2.93. The van der Waals surface area contributed by atoms with E-state index in [-0.39, 0.29) is 0 Å². The zero-order valence-corrected chi connectivity index (χ0v) is 7.43. The van der Waals surface area contributed by atoms with Crippen molar-refractivity contribution < 1.29 is 0 Å². The van der Waals surface area contributed by atoms with Gasteiger partial charge < -0.3 is 10.6 Å². The van der Waals surface area contributed by atoms with E-state index in [4.69, 9.17) is 0 Å². The van der Waals surface area contributed by atoms with Gasteiger partial charge in [0, 0.05) is 18.4 Å². The summed E-state index contributed by atoms with van der Waals surface area (Å²) in [7, 11) is 1.97. The molecule has 0 unspecified atom stereocenters. The molecule has 0 fully saturated rings. The quantitative estimate of drug-likeness (QED) is 0.528. The molecule has 1 aromatic rings. The van der Waals surface area contributed by atoms with Crippen LogP contribution in [0.4, 0.5) is 0 Å². The van der Waals surface area contributed by atoms with Crippen LogP contribution in [0.1, 0.15) is 12.1 Å². The van der Waals surface area contributed by atoms with Gasteiger partial charge in [-0.05, 0) is 32.6 Å². The predicted octanol–water partition coefficient (Wildman–Crippen LogP) is 0.109. The van der Waals surface area contributed by atoms with Crippen LogP contribution in [-0.2, 0) is 6.54 Å². The molecule has 0 aromatic carbocycles. The summed E-state index contributed by atoms with van der Waals surface area (Å²) in [5.74, 6) is 0. The second-order valence-electron chi connectivity index (χ2n) is 2.72. The van der Waals surface area contributed by atoms with Crippen molar-refractivity contribution in [3.8, 4) is 0 Å². The van der Waals surface area contributed by atoms with E-state index < -0.39 is 0 Å². The van der Waals surface area contributed by atoms with Crippen LogP contribution < -0.4 is 10.6 Å². The lowest BCUT2D eigenvalue weighted by Gasteiger charge is -2.01. The van der Waals surface area contributed by atoms with Gasteiger partial charge in [-0.15, -0.1) is 0 Å². The van der Waals surface area contributed by atoms with E-state index >= 15 is 0 Å². The van der Waals surface area contributed by atoms with Gasteiger partial charge in [-0.3, -0.25) is 5.10 Å². The van der Waals surface area contributed by atoms with Crippen molar-refractivity contribution in [2.45, 2.75) is 13.0 Å². The first kappa shape index (κ1) is 9.22. The van der Waals surface area contributed by atoms with E-state index in [1.165, 1.54) is 0 Å². The van der Waals surface area contributed by atoms with Crippen molar-refractivity contribution in [2.24, 2.45) is 0 Å². The monoisotopic (exact) mass is 168 g/mol. The number of rotatable bonds is 6. The van der Waals surface area contributed by atoms with Crippen LogP contribution in [0.3, 0.4) is 0 Å². The Kier molecular flexibility index (Phi) is 4.41. The average molecular weight is 168 g/mol. The molecule has 68 valence electrons. The van der Waals surface area contributed by atoms with Crippen molar-refractivity contribution in [3.63, 3.8) is 0 Å². The van der Waals surface area contributed by atoms with Gasteiger partial charge in [0.05, 0.1) is 0 Å². The van der Waals surface area contributed by atoms with Gasteiger partial charge in [-0.25, -0.2) is 0 Å². The summed E-state index contributed by atoms with van der Waals surface area (Å²) < 4.78 is 0. The molecule has 1 aromatic heterocycles. The summed E-state index contributed by atoms with van der Waals surface area (Å²) in [5.41, 5.74) is 1.14. The van der Waals surface area contributed by atoms with Crippen molar-refractivity contribution in [3.05, 3.63) is 18.0 Å². The van der Waals surface area contributed by atoms with Crippen molar-refractivity contribution >= 4 is 0 Å². The maximum Gasteiger partial charge on any atom is 0.0490 e. The smallest absolute Gasteiger partial charge is 0.0490 e. The minimum Gasteiger partial charge on any atom is -0.320 e. The molecule has 0 saturated heterocycles. The van der Waals surface area contributed by atoms with E-state index in [1.54, 1.807) is 6.20 Å². The number of H-pyrrole nitrogens is 1. The Bertz CT molecular complexity index is 183. The number of aromatic nitrogens is 2. The number of nitrogens with one attached hydrogen (secondary N) is 3. The molecule has 0 bridgehead atoms. The molecule has 3 N–H and O–H groups in total. The molecule has 0 saturated carbocycles. The van der Waals surface area contributed by atoms with Crippen LogP contribution in [0.2, 0.25) is 0 Å². The molecule has 4 nitrogen and oxygen atoms in total. The molecule has 0 aliphatic carbocycles. The topological polar surface area (TPSA) is 52.7 Å². The third-order valence-electron chi connectivity index (χ3n) is 1.65. The third kappa shape index (κ3) is 3.50. The maximum absolute atomic E-state index is 3.86. The Balaban J connectivity index is 1.96. The van der Waals surface area contributed by atoms with Gasteiger partial charge in [0.15, 0.2) is 0 Å². The van der Waals surface area contributed by atoms with Gasteiger partial charge in [0.2, 0.25) is 0 Å². The van der Waals surface area contributed by atoms with E-state index in [0.717, 1.165) is 31.7 Å². The Morgan fingerprint density at radius 3 is 3.08 bits per heavy atom. The van der Waals surface area contributed by atoms with Crippen LogP contribution in [-0.4, -0.2) is 30.3 Å². The van der Waals surface area contributed by atoms with Crippen LogP contribution >= 0.6 is 0 Å². The van der Waals surface area contributed by atoms with Gasteiger partial charge in [-0.2, -0.15) is 5.10 Å². The van der Waals surface area contributed by atoms with Crippen LogP contribution in [0.5, 0.6) is 0 Å². The molecule has 0 spiro atoms. The lowest BCUT2D eigenvalue weighted by atomic mass is 10.4. The SMILES string of the molecule is CNCCCNCc1ccn[nH]1. The fourth-order valence-electron chi connectivity index (χ4n) is 0.996. The van der Waals surface area contributed by atoms with Crippen LogP contribution in [0, 0.1) is 0 Å². The largest absolute Gasteiger partial charge is 0.320 e. The fourth-order valence-corrected chi connectivity index (χ4v) is 0.996. The molecule has 12 heavy (non-hydrogen) atoms. The highest BCUT2D eigenvalue weighted by molar-refractivity contribution is 4.96. The second kappa shape index (κ2) is 5.74. The van der Waals surface area contributed by atoms with Gasteiger partial charge in [-0.1, -0.05) is 0 Å². The first-order chi connectivity index (χ1) is 5.93. The summed E-state index contributed by atoms with van der Waals surface area (Å²) >= 11 is 0. The van der Waals surface area contributed by atoms with E-state index in [2.05, 4.69) is 20.8 Å². The summed E-state index contributed by atoms with van der Waals surface area (Å²) in [4.78, 5) is 0. The Morgan fingerprint density at radius 2 is 2.42 bits per heavy atom. The Hall–Kier alpha value is -0.870. The van der Waals surface area contributed by atoms with E-state index in [9.17, 15) is 0 Å². The molecule has 1 rings (SSSR count). The molecule has 0 aliphatic heterocycles. The lowest BCUT2D eigenvalue weighted by Crippen LogP contribution is -2.19. The van der Waals surface area contributed by atoms with Gasteiger partial charge in [0.25, 0.3) is 0 Å². The maximum atomic E-state index is 3.86. The minimum atomic E-state index is 0.879. The zero-order valence-electron chi connectivity index (χ0n) is 7.43. The first-order valence-corrected chi connectivity index (χ1v) is 4.27. The average Bonchev–Trinajstić information content (AvgIpc) is 2.57. The highest BCUT2D eigenvalue weighted by atomic mass is 15.1. The first-order valence-electron chi connectivity index (χ1n) is 4.27. The number of nitrogens with zero attached hydrogens (tertiary/aromatic N) is 1. The van der Waals surface area contributed by atoms with Crippen LogP contribution in [0.15, 0.2) is 12.3 Å². The normalized spacial score (nSPS) is 10.4.